The van der Waals surface area contributed by atoms with Crippen LogP contribution in [0.2, 0.25) is 0 Å². The van der Waals surface area contributed by atoms with Gasteiger partial charge in [-0.3, -0.25) is 4.79 Å². The summed E-state index contributed by atoms with van der Waals surface area (Å²) in [6, 6.07) is 21.6. The molecule has 1 saturated carbocycles. The minimum absolute atomic E-state index is 0.120. The maximum absolute atomic E-state index is 13.1. The zero-order valence-electron chi connectivity index (χ0n) is 15.4. The second-order valence-corrected chi connectivity index (χ2v) is 8.76. The normalized spacial score (nSPS) is 19.9. The predicted octanol–water partition coefficient (Wildman–Crippen LogP) is 3.67. The van der Waals surface area contributed by atoms with Gasteiger partial charge in [-0.2, -0.15) is 0 Å². The molecule has 3 atom stereocenters. The third kappa shape index (κ3) is 3.66. The Labute approximate surface area is 164 Å². The lowest BCUT2D eigenvalue weighted by Gasteiger charge is -2.20. The molecule has 1 aliphatic rings. The van der Waals surface area contributed by atoms with Crippen molar-refractivity contribution in [2.24, 2.45) is 11.8 Å². The SMILES string of the molecule is COC(=O)[C@@H]1C[C@@H]1[C@@H](NS(=O)(=O)c1ccc2ccccc2c1)c1ccccc1. The smallest absolute Gasteiger partial charge is 0.309 e. The summed E-state index contributed by atoms with van der Waals surface area (Å²) in [6.07, 6.45) is 0.604. The van der Waals surface area contributed by atoms with E-state index in [1.165, 1.54) is 7.11 Å². The van der Waals surface area contributed by atoms with Gasteiger partial charge in [0.1, 0.15) is 0 Å². The zero-order valence-corrected chi connectivity index (χ0v) is 16.2. The molecule has 3 aromatic carbocycles. The Morgan fingerprint density at radius 3 is 2.39 bits per heavy atom. The van der Waals surface area contributed by atoms with Crippen LogP contribution in [0.15, 0.2) is 77.7 Å². The number of carbonyl (C=O) groups is 1. The number of sulfonamides is 1. The number of fused-ring (bicyclic) bond motifs is 1. The number of hydrogen-bond acceptors (Lipinski definition) is 4. The average molecular weight is 395 g/mol. The molecule has 6 heteroatoms. The van der Waals surface area contributed by atoms with Crippen molar-refractivity contribution in [3.63, 3.8) is 0 Å². The Morgan fingerprint density at radius 2 is 1.68 bits per heavy atom. The number of ether oxygens (including phenoxy) is 1. The fraction of sp³-hybridized carbons (Fsp3) is 0.227. The molecule has 0 bridgehead atoms. The van der Waals surface area contributed by atoms with Crippen molar-refractivity contribution in [3.8, 4) is 0 Å². The molecule has 0 heterocycles. The van der Waals surface area contributed by atoms with E-state index in [1.54, 1.807) is 18.2 Å². The molecule has 144 valence electrons. The minimum atomic E-state index is -3.76. The molecule has 28 heavy (non-hydrogen) atoms. The van der Waals surface area contributed by atoms with E-state index in [4.69, 9.17) is 4.74 Å². The summed E-state index contributed by atoms with van der Waals surface area (Å²) in [6.45, 7) is 0. The maximum Gasteiger partial charge on any atom is 0.309 e. The molecule has 0 unspecified atom stereocenters. The van der Waals surface area contributed by atoms with Crippen LogP contribution in [0.5, 0.6) is 0 Å². The van der Waals surface area contributed by atoms with Crippen LogP contribution in [0, 0.1) is 11.8 Å². The van der Waals surface area contributed by atoms with Crippen LogP contribution in [0.4, 0.5) is 0 Å². The van der Waals surface area contributed by atoms with Gasteiger partial charge in [0, 0.05) is 0 Å². The second kappa shape index (κ2) is 7.37. The first-order chi connectivity index (χ1) is 13.5. The monoisotopic (exact) mass is 395 g/mol. The molecular formula is C22H21NO4S. The van der Waals surface area contributed by atoms with Gasteiger partial charge in [0.2, 0.25) is 10.0 Å². The van der Waals surface area contributed by atoms with E-state index in [1.807, 2.05) is 54.6 Å². The van der Waals surface area contributed by atoms with E-state index >= 15 is 0 Å². The molecule has 1 aliphatic carbocycles. The molecule has 1 N–H and O–H groups in total. The molecule has 0 amide bonds. The van der Waals surface area contributed by atoms with Crippen molar-refractivity contribution >= 4 is 26.8 Å². The number of rotatable bonds is 6. The first-order valence-corrected chi connectivity index (χ1v) is 10.6. The maximum atomic E-state index is 13.1. The molecule has 5 nitrogen and oxygen atoms in total. The Bertz CT molecular complexity index is 1110. The van der Waals surface area contributed by atoms with E-state index in [2.05, 4.69) is 4.72 Å². The number of hydrogen-bond donors (Lipinski definition) is 1. The van der Waals surface area contributed by atoms with Gasteiger partial charge in [-0.1, -0.05) is 60.7 Å². The Kier molecular flexibility index (Phi) is 4.91. The topological polar surface area (TPSA) is 72.5 Å². The van der Waals surface area contributed by atoms with E-state index < -0.39 is 16.1 Å². The van der Waals surface area contributed by atoms with Crippen LogP contribution >= 0.6 is 0 Å². The quantitative estimate of drug-likeness (QED) is 0.647. The molecule has 1 fully saturated rings. The van der Waals surface area contributed by atoms with Crippen molar-refractivity contribution < 1.29 is 17.9 Å². The fourth-order valence-electron chi connectivity index (χ4n) is 3.64. The van der Waals surface area contributed by atoms with Crippen LogP contribution < -0.4 is 4.72 Å². The minimum Gasteiger partial charge on any atom is -0.469 e. The van der Waals surface area contributed by atoms with Gasteiger partial charge >= 0.3 is 5.97 Å². The third-order valence-corrected chi connectivity index (χ3v) is 6.68. The second-order valence-electron chi connectivity index (χ2n) is 7.05. The highest BCUT2D eigenvalue weighted by Crippen LogP contribution is 2.48. The standard InChI is InChI=1S/C22H21NO4S/c1-27-22(24)20-14-19(20)21(16-8-3-2-4-9-16)23-28(25,26)18-12-11-15-7-5-6-10-17(15)13-18/h2-13,19-21,23H,14H2,1H3/t19-,20+,21-/m0/s1. The number of benzene rings is 3. The van der Waals surface area contributed by atoms with Gasteiger partial charge in [0.05, 0.1) is 24.0 Å². The lowest BCUT2D eigenvalue weighted by molar-refractivity contribution is -0.142. The lowest BCUT2D eigenvalue weighted by atomic mass is 10.0. The molecule has 0 aromatic heterocycles. The van der Waals surface area contributed by atoms with Crippen molar-refractivity contribution in [2.75, 3.05) is 7.11 Å². The highest BCUT2D eigenvalue weighted by molar-refractivity contribution is 7.89. The van der Waals surface area contributed by atoms with E-state index in [-0.39, 0.29) is 22.7 Å². The molecule has 4 rings (SSSR count). The van der Waals surface area contributed by atoms with Crippen molar-refractivity contribution in [3.05, 3.63) is 78.4 Å². The van der Waals surface area contributed by atoms with Gasteiger partial charge in [-0.25, -0.2) is 13.1 Å². The highest BCUT2D eigenvalue weighted by atomic mass is 32.2. The molecule has 3 aromatic rings. The van der Waals surface area contributed by atoms with Crippen LogP contribution in [-0.2, 0) is 19.6 Å². The number of esters is 1. The summed E-state index contributed by atoms with van der Waals surface area (Å²) >= 11 is 0. The summed E-state index contributed by atoms with van der Waals surface area (Å²) in [5.41, 5.74) is 0.836. The van der Waals surface area contributed by atoms with Gasteiger partial charge < -0.3 is 4.74 Å². The Hall–Kier alpha value is -2.70. The number of nitrogens with one attached hydrogen (secondary N) is 1. The van der Waals surface area contributed by atoms with Gasteiger partial charge in [-0.05, 0) is 40.8 Å². The van der Waals surface area contributed by atoms with Crippen LogP contribution in [-0.4, -0.2) is 21.5 Å². The summed E-state index contributed by atoms with van der Waals surface area (Å²) in [4.78, 5) is 12.1. The Balaban J connectivity index is 1.66. The van der Waals surface area contributed by atoms with Crippen LogP contribution in [0.1, 0.15) is 18.0 Å². The summed E-state index contributed by atoms with van der Waals surface area (Å²) in [7, 11) is -2.41. The third-order valence-electron chi connectivity index (χ3n) is 5.24. The molecule has 0 aliphatic heterocycles. The molecule has 0 spiro atoms. The van der Waals surface area contributed by atoms with Gasteiger partial charge in [-0.15, -0.1) is 0 Å². The van der Waals surface area contributed by atoms with E-state index in [0.29, 0.717) is 6.42 Å². The summed E-state index contributed by atoms with van der Waals surface area (Å²) < 4.78 is 33.9. The fourth-order valence-corrected chi connectivity index (χ4v) is 4.95. The van der Waals surface area contributed by atoms with Gasteiger partial charge in [0.15, 0.2) is 0 Å². The first-order valence-electron chi connectivity index (χ1n) is 9.13. The van der Waals surface area contributed by atoms with Crippen molar-refractivity contribution in [1.29, 1.82) is 0 Å². The predicted molar refractivity (Wildman–Crippen MR) is 107 cm³/mol. The van der Waals surface area contributed by atoms with E-state index in [9.17, 15) is 13.2 Å². The molecule has 0 saturated heterocycles. The summed E-state index contributed by atoms with van der Waals surface area (Å²) in [5, 5.41) is 1.84. The average Bonchev–Trinajstić information content (AvgIpc) is 3.52. The largest absolute Gasteiger partial charge is 0.469 e. The lowest BCUT2D eigenvalue weighted by Crippen LogP contribution is -2.31. The first kappa shape index (κ1) is 18.7. The number of carbonyl (C=O) groups excluding carboxylic acids is 1. The number of methoxy groups -OCH3 is 1. The summed E-state index contributed by atoms with van der Waals surface area (Å²) in [5.74, 6) is -0.699. The van der Waals surface area contributed by atoms with Crippen LogP contribution in [0.3, 0.4) is 0 Å². The van der Waals surface area contributed by atoms with Crippen molar-refractivity contribution in [2.45, 2.75) is 17.4 Å². The Morgan fingerprint density at radius 1 is 1.00 bits per heavy atom. The van der Waals surface area contributed by atoms with Gasteiger partial charge in [0.25, 0.3) is 0 Å². The van der Waals surface area contributed by atoms with E-state index in [0.717, 1.165) is 16.3 Å². The van der Waals surface area contributed by atoms with Crippen molar-refractivity contribution in [1.82, 2.24) is 4.72 Å². The highest BCUT2D eigenvalue weighted by Gasteiger charge is 2.50. The van der Waals surface area contributed by atoms with Crippen LogP contribution in [0.25, 0.3) is 10.8 Å². The molecular weight excluding hydrogens is 374 g/mol. The zero-order chi connectivity index (χ0) is 19.7. The molecule has 0 radical (unpaired) electrons.